The van der Waals surface area contributed by atoms with E-state index in [1.54, 1.807) is 51.5 Å². The highest BCUT2D eigenvalue weighted by Gasteiger charge is 2.25. The van der Waals surface area contributed by atoms with E-state index < -0.39 is 5.60 Å². The van der Waals surface area contributed by atoms with Gasteiger partial charge in [0.1, 0.15) is 22.9 Å². The van der Waals surface area contributed by atoms with E-state index in [4.69, 9.17) is 19.6 Å². The van der Waals surface area contributed by atoms with E-state index in [9.17, 15) is 5.11 Å². The van der Waals surface area contributed by atoms with Gasteiger partial charge in [0.2, 0.25) is 0 Å². The Kier molecular flexibility index (Phi) is 7.36. The lowest BCUT2D eigenvalue weighted by Crippen LogP contribution is -2.29. The minimum atomic E-state index is -1.24. The maximum absolute atomic E-state index is 10.3. The van der Waals surface area contributed by atoms with Gasteiger partial charge in [-0.15, -0.1) is 24.0 Å². The lowest BCUT2D eigenvalue weighted by atomic mass is 10.0. The predicted octanol–water partition coefficient (Wildman–Crippen LogP) is 2.55. The molecule has 2 rings (SSSR count). The van der Waals surface area contributed by atoms with Gasteiger partial charge >= 0.3 is 0 Å². The molecule has 1 aromatic carbocycles. The molecule has 0 bridgehead atoms. The summed E-state index contributed by atoms with van der Waals surface area (Å²) >= 11 is 0. The van der Waals surface area contributed by atoms with Crippen molar-refractivity contribution >= 4 is 35.6 Å². The average Bonchev–Trinajstić information content (AvgIpc) is 3.08. The minimum absolute atomic E-state index is 0. The Morgan fingerprint density at radius 3 is 2.67 bits per heavy atom. The van der Waals surface area contributed by atoms with Crippen molar-refractivity contribution in [2.24, 2.45) is 10.7 Å². The Morgan fingerprint density at radius 2 is 2.08 bits per heavy atom. The molecule has 24 heavy (non-hydrogen) atoms. The third kappa shape index (κ3) is 5.03. The number of guanidine groups is 1. The molecule has 8 heteroatoms. The van der Waals surface area contributed by atoms with Gasteiger partial charge in [-0.25, -0.2) is 4.99 Å². The van der Waals surface area contributed by atoms with E-state index in [0.29, 0.717) is 22.9 Å². The first-order valence-electron chi connectivity index (χ1n) is 7.01. The number of hydrogen-bond donors (Lipinski definition) is 3. The van der Waals surface area contributed by atoms with Crippen LogP contribution in [0, 0.1) is 0 Å². The van der Waals surface area contributed by atoms with E-state index >= 15 is 0 Å². The second-order valence-electron chi connectivity index (χ2n) is 5.14. The molecular weight excluding hydrogens is 425 g/mol. The SMILES string of the molecule is COc1ccc(OC)c(NC(N)=NCC(C)(O)c2ccco2)c1.I. The summed E-state index contributed by atoms with van der Waals surface area (Å²) in [7, 11) is 3.13. The van der Waals surface area contributed by atoms with Crippen LogP contribution < -0.4 is 20.5 Å². The second-order valence-corrected chi connectivity index (χ2v) is 5.14. The molecule has 0 amide bonds. The van der Waals surface area contributed by atoms with Gasteiger partial charge in [0.15, 0.2) is 5.96 Å². The van der Waals surface area contributed by atoms with Crippen LogP contribution in [-0.2, 0) is 5.60 Å². The number of aliphatic hydroxyl groups is 1. The number of halogens is 1. The van der Waals surface area contributed by atoms with Gasteiger partial charge in [0.25, 0.3) is 0 Å². The summed E-state index contributed by atoms with van der Waals surface area (Å²) in [5, 5.41) is 13.3. The molecule has 1 heterocycles. The van der Waals surface area contributed by atoms with Crippen molar-refractivity contribution in [1.29, 1.82) is 0 Å². The van der Waals surface area contributed by atoms with Crippen LogP contribution in [0.2, 0.25) is 0 Å². The number of hydrogen-bond acceptors (Lipinski definition) is 5. The van der Waals surface area contributed by atoms with Crippen LogP contribution >= 0.6 is 24.0 Å². The Hall–Kier alpha value is -1.94. The molecule has 0 radical (unpaired) electrons. The van der Waals surface area contributed by atoms with Crippen molar-refractivity contribution in [2.75, 3.05) is 26.1 Å². The highest BCUT2D eigenvalue weighted by atomic mass is 127. The number of nitrogens with zero attached hydrogens (tertiary/aromatic N) is 1. The van der Waals surface area contributed by atoms with Gasteiger partial charge in [-0.3, -0.25) is 0 Å². The molecule has 0 aliphatic rings. The molecule has 0 spiro atoms. The van der Waals surface area contributed by atoms with E-state index in [-0.39, 0.29) is 36.5 Å². The van der Waals surface area contributed by atoms with Gasteiger partial charge in [0.05, 0.1) is 32.7 Å². The van der Waals surface area contributed by atoms with Gasteiger partial charge < -0.3 is 30.0 Å². The maximum atomic E-state index is 10.3. The molecule has 4 N–H and O–H groups in total. The van der Waals surface area contributed by atoms with Crippen LogP contribution in [0.1, 0.15) is 12.7 Å². The first kappa shape index (κ1) is 20.1. The Balaban J connectivity index is 0.00000288. The quantitative estimate of drug-likeness (QED) is 0.358. The third-order valence-corrected chi connectivity index (χ3v) is 3.28. The molecule has 1 aromatic heterocycles. The second kappa shape index (κ2) is 8.78. The van der Waals surface area contributed by atoms with E-state index in [1.807, 2.05) is 0 Å². The topological polar surface area (TPSA) is 102 Å². The summed E-state index contributed by atoms with van der Waals surface area (Å²) in [4.78, 5) is 4.15. The number of rotatable bonds is 6. The lowest BCUT2D eigenvalue weighted by molar-refractivity contribution is 0.0438. The molecule has 0 saturated carbocycles. The summed E-state index contributed by atoms with van der Waals surface area (Å²) in [5.74, 6) is 1.82. The van der Waals surface area contributed by atoms with E-state index in [0.717, 1.165) is 0 Å². The number of methoxy groups -OCH3 is 2. The normalized spacial score (nSPS) is 13.6. The number of benzene rings is 1. The third-order valence-electron chi connectivity index (χ3n) is 3.28. The van der Waals surface area contributed by atoms with Crippen molar-refractivity contribution in [2.45, 2.75) is 12.5 Å². The number of ether oxygens (including phenoxy) is 2. The standard InChI is InChI=1S/C16H21N3O4.HI/c1-16(20,14-5-4-8-23-14)10-18-15(17)19-12-9-11(21-2)6-7-13(12)22-3;/h4-9,20H,10H2,1-3H3,(H3,17,18,19);1H. The molecular formula is C16H22IN3O4. The van der Waals surface area contributed by atoms with E-state index in [1.165, 1.54) is 6.26 Å². The van der Waals surface area contributed by atoms with Gasteiger partial charge in [0, 0.05) is 6.07 Å². The molecule has 0 aliphatic carbocycles. The number of aliphatic imine (C=N–C) groups is 1. The zero-order chi connectivity index (χ0) is 16.9. The molecule has 1 unspecified atom stereocenters. The zero-order valence-corrected chi connectivity index (χ0v) is 16.1. The Labute approximate surface area is 157 Å². The first-order valence-corrected chi connectivity index (χ1v) is 7.01. The van der Waals surface area contributed by atoms with Crippen molar-refractivity contribution in [3.63, 3.8) is 0 Å². The van der Waals surface area contributed by atoms with E-state index in [2.05, 4.69) is 10.3 Å². The van der Waals surface area contributed by atoms with Crippen LogP contribution in [-0.4, -0.2) is 31.8 Å². The molecule has 2 aromatic rings. The fraction of sp³-hybridized carbons (Fsp3) is 0.312. The Bertz CT molecular complexity index is 672. The first-order chi connectivity index (χ1) is 11.0. The highest BCUT2D eigenvalue weighted by molar-refractivity contribution is 14.0. The largest absolute Gasteiger partial charge is 0.497 e. The van der Waals surface area contributed by atoms with Crippen molar-refractivity contribution in [3.05, 3.63) is 42.4 Å². The highest BCUT2D eigenvalue weighted by Crippen LogP contribution is 2.28. The van der Waals surface area contributed by atoms with Crippen LogP contribution in [0.4, 0.5) is 5.69 Å². The minimum Gasteiger partial charge on any atom is -0.497 e. The molecule has 0 fully saturated rings. The fourth-order valence-electron chi connectivity index (χ4n) is 1.99. The molecule has 7 nitrogen and oxygen atoms in total. The molecule has 132 valence electrons. The molecule has 0 saturated heterocycles. The zero-order valence-electron chi connectivity index (χ0n) is 13.8. The number of furan rings is 1. The number of nitrogens with two attached hydrogens (primary N) is 1. The van der Waals surface area contributed by atoms with Crippen LogP contribution in [0.5, 0.6) is 11.5 Å². The fourth-order valence-corrected chi connectivity index (χ4v) is 1.99. The summed E-state index contributed by atoms with van der Waals surface area (Å²) in [5.41, 5.74) is 5.26. The van der Waals surface area contributed by atoms with Crippen LogP contribution in [0.25, 0.3) is 0 Å². The van der Waals surface area contributed by atoms with Crippen LogP contribution in [0.15, 0.2) is 46.0 Å². The van der Waals surface area contributed by atoms with Crippen molar-refractivity contribution < 1.29 is 19.0 Å². The van der Waals surface area contributed by atoms with Gasteiger partial charge in [-0.05, 0) is 31.2 Å². The smallest absolute Gasteiger partial charge is 0.193 e. The predicted molar refractivity (Wildman–Crippen MR) is 103 cm³/mol. The number of nitrogens with one attached hydrogen (secondary N) is 1. The summed E-state index contributed by atoms with van der Waals surface area (Å²) in [6, 6.07) is 8.67. The van der Waals surface area contributed by atoms with Crippen molar-refractivity contribution in [3.8, 4) is 11.5 Å². The summed E-state index contributed by atoms with van der Waals surface area (Å²) < 4.78 is 15.6. The monoisotopic (exact) mass is 447 g/mol. The maximum Gasteiger partial charge on any atom is 0.193 e. The van der Waals surface area contributed by atoms with Crippen molar-refractivity contribution in [1.82, 2.24) is 0 Å². The average molecular weight is 447 g/mol. The summed E-state index contributed by atoms with van der Waals surface area (Å²) in [6.07, 6.45) is 1.50. The summed E-state index contributed by atoms with van der Waals surface area (Å²) in [6.45, 7) is 1.65. The molecule has 1 atom stereocenters. The molecule has 0 aliphatic heterocycles. The number of anilines is 1. The van der Waals surface area contributed by atoms with Crippen LogP contribution in [0.3, 0.4) is 0 Å². The van der Waals surface area contributed by atoms with Gasteiger partial charge in [-0.2, -0.15) is 0 Å². The lowest BCUT2D eigenvalue weighted by Gasteiger charge is -2.18. The van der Waals surface area contributed by atoms with Gasteiger partial charge in [-0.1, -0.05) is 0 Å². The Morgan fingerprint density at radius 1 is 1.33 bits per heavy atom.